The number of ether oxygens (including phenoxy) is 1. The van der Waals surface area contributed by atoms with Gasteiger partial charge in [-0.1, -0.05) is 0 Å². The average Bonchev–Trinajstić information content (AvgIpc) is 2.03. The number of carbonyl (C=O) groups is 1. The van der Waals surface area contributed by atoms with E-state index in [0.717, 1.165) is 0 Å². The third kappa shape index (κ3) is 4.30. The predicted octanol–water partition coefficient (Wildman–Crippen LogP) is 1.08. The summed E-state index contributed by atoms with van der Waals surface area (Å²) in [6.07, 6.45) is 1.51. The SMILES string of the molecule is COC(=O)/C(=C/NC(C)C)C(C)=N. The molecule has 2 N–H and O–H groups in total. The molecule has 0 fully saturated rings. The van der Waals surface area contributed by atoms with Crippen LogP contribution in [0.5, 0.6) is 0 Å². The van der Waals surface area contributed by atoms with E-state index < -0.39 is 5.97 Å². The molecule has 13 heavy (non-hydrogen) atoms. The minimum absolute atomic E-state index is 0.194. The normalized spacial score (nSPS) is 11.3. The van der Waals surface area contributed by atoms with Crippen molar-refractivity contribution >= 4 is 11.7 Å². The molecular formula is C9H16N2O2. The first-order valence-corrected chi connectivity index (χ1v) is 4.09. The van der Waals surface area contributed by atoms with E-state index in [2.05, 4.69) is 10.1 Å². The Morgan fingerprint density at radius 1 is 1.54 bits per heavy atom. The minimum atomic E-state index is -0.486. The lowest BCUT2D eigenvalue weighted by molar-refractivity contribution is -0.135. The highest BCUT2D eigenvalue weighted by molar-refractivity contribution is 6.17. The predicted molar refractivity (Wildman–Crippen MR) is 51.8 cm³/mol. The second kappa shape index (κ2) is 5.35. The smallest absolute Gasteiger partial charge is 0.341 e. The molecule has 0 aromatic rings. The number of esters is 1. The van der Waals surface area contributed by atoms with E-state index in [1.807, 2.05) is 13.8 Å². The number of methoxy groups -OCH3 is 1. The molecule has 4 nitrogen and oxygen atoms in total. The second-order valence-corrected chi connectivity index (χ2v) is 3.00. The van der Waals surface area contributed by atoms with Crippen molar-refractivity contribution in [2.24, 2.45) is 0 Å². The summed E-state index contributed by atoms with van der Waals surface area (Å²) < 4.78 is 4.52. The van der Waals surface area contributed by atoms with Crippen LogP contribution in [0, 0.1) is 5.41 Å². The van der Waals surface area contributed by atoms with E-state index >= 15 is 0 Å². The summed E-state index contributed by atoms with van der Waals surface area (Å²) in [5, 5.41) is 10.3. The molecule has 0 radical (unpaired) electrons. The highest BCUT2D eigenvalue weighted by Crippen LogP contribution is 1.98. The monoisotopic (exact) mass is 184 g/mol. The zero-order valence-electron chi connectivity index (χ0n) is 8.47. The van der Waals surface area contributed by atoms with Gasteiger partial charge in [-0.2, -0.15) is 0 Å². The number of hydrogen-bond acceptors (Lipinski definition) is 4. The van der Waals surface area contributed by atoms with Crippen LogP contribution in [0.1, 0.15) is 20.8 Å². The lowest BCUT2D eigenvalue weighted by Gasteiger charge is -2.07. The summed E-state index contributed by atoms with van der Waals surface area (Å²) >= 11 is 0. The van der Waals surface area contributed by atoms with Gasteiger partial charge in [0.15, 0.2) is 0 Å². The van der Waals surface area contributed by atoms with Gasteiger partial charge in [0.1, 0.15) is 0 Å². The van der Waals surface area contributed by atoms with Crippen molar-refractivity contribution in [2.75, 3.05) is 7.11 Å². The molecule has 0 saturated heterocycles. The van der Waals surface area contributed by atoms with E-state index in [0.29, 0.717) is 0 Å². The molecule has 0 spiro atoms. The van der Waals surface area contributed by atoms with Gasteiger partial charge < -0.3 is 15.5 Å². The molecular weight excluding hydrogens is 168 g/mol. The fourth-order valence-electron chi connectivity index (χ4n) is 0.680. The van der Waals surface area contributed by atoms with Gasteiger partial charge in [0, 0.05) is 18.0 Å². The van der Waals surface area contributed by atoms with Gasteiger partial charge in [-0.15, -0.1) is 0 Å². The van der Waals surface area contributed by atoms with Crippen LogP contribution >= 0.6 is 0 Å². The second-order valence-electron chi connectivity index (χ2n) is 3.00. The fraction of sp³-hybridized carbons (Fsp3) is 0.556. The zero-order chi connectivity index (χ0) is 10.4. The van der Waals surface area contributed by atoms with Crippen molar-refractivity contribution < 1.29 is 9.53 Å². The third-order valence-electron chi connectivity index (χ3n) is 1.37. The molecule has 0 saturated carbocycles. The topological polar surface area (TPSA) is 62.2 Å². The minimum Gasteiger partial charge on any atom is -0.465 e. The molecule has 0 amide bonds. The van der Waals surface area contributed by atoms with Crippen molar-refractivity contribution in [1.29, 1.82) is 5.41 Å². The molecule has 0 unspecified atom stereocenters. The van der Waals surface area contributed by atoms with Gasteiger partial charge in [0.05, 0.1) is 12.7 Å². The first-order valence-electron chi connectivity index (χ1n) is 4.09. The van der Waals surface area contributed by atoms with Gasteiger partial charge in [-0.25, -0.2) is 4.79 Å². The Labute approximate surface area is 78.5 Å². The molecule has 0 aromatic heterocycles. The first kappa shape index (κ1) is 11.7. The van der Waals surface area contributed by atoms with Crippen molar-refractivity contribution in [3.05, 3.63) is 11.8 Å². The maximum absolute atomic E-state index is 11.1. The van der Waals surface area contributed by atoms with Gasteiger partial charge in [-0.05, 0) is 20.8 Å². The molecule has 0 bridgehead atoms. The van der Waals surface area contributed by atoms with Gasteiger partial charge in [0.25, 0.3) is 0 Å². The van der Waals surface area contributed by atoms with Gasteiger partial charge in [0.2, 0.25) is 0 Å². The summed E-state index contributed by atoms with van der Waals surface area (Å²) in [5.41, 5.74) is 0.455. The number of nitrogens with one attached hydrogen (secondary N) is 2. The number of hydrogen-bond donors (Lipinski definition) is 2. The zero-order valence-corrected chi connectivity index (χ0v) is 8.47. The third-order valence-corrected chi connectivity index (χ3v) is 1.37. The Morgan fingerprint density at radius 3 is 2.38 bits per heavy atom. The van der Waals surface area contributed by atoms with Gasteiger partial charge in [-0.3, -0.25) is 0 Å². The molecule has 0 aliphatic rings. The Bertz CT molecular complexity index is 232. The Kier molecular flexibility index (Phi) is 4.80. The molecule has 0 atom stereocenters. The fourth-order valence-corrected chi connectivity index (χ4v) is 0.680. The van der Waals surface area contributed by atoms with Crippen LogP contribution in [-0.2, 0) is 9.53 Å². The van der Waals surface area contributed by atoms with Gasteiger partial charge >= 0.3 is 5.97 Å². The largest absolute Gasteiger partial charge is 0.465 e. The highest BCUT2D eigenvalue weighted by Gasteiger charge is 2.11. The lowest BCUT2D eigenvalue weighted by Crippen LogP contribution is -2.21. The van der Waals surface area contributed by atoms with E-state index in [9.17, 15) is 4.79 Å². The van der Waals surface area contributed by atoms with E-state index in [1.165, 1.54) is 13.3 Å². The van der Waals surface area contributed by atoms with E-state index in [-0.39, 0.29) is 17.3 Å². The van der Waals surface area contributed by atoms with Crippen LogP contribution in [0.25, 0.3) is 0 Å². The Balaban J connectivity index is 4.51. The van der Waals surface area contributed by atoms with Crippen LogP contribution in [0.2, 0.25) is 0 Å². The summed E-state index contributed by atoms with van der Waals surface area (Å²) in [6, 6.07) is 0.235. The van der Waals surface area contributed by atoms with Crippen LogP contribution in [0.3, 0.4) is 0 Å². The molecule has 0 aromatic carbocycles. The van der Waals surface area contributed by atoms with Crippen LogP contribution in [-0.4, -0.2) is 24.8 Å². The first-order chi connectivity index (χ1) is 5.99. The highest BCUT2D eigenvalue weighted by atomic mass is 16.5. The van der Waals surface area contributed by atoms with Crippen LogP contribution < -0.4 is 5.32 Å². The van der Waals surface area contributed by atoms with Crippen molar-refractivity contribution in [3.8, 4) is 0 Å². The molecule has 0 aliphatic heterocycles. The summed E-state index contributed by atoms with van der Waals surface area (Å²) in [7, 11) is 1.30. The molecule has 4 heteroatoms. The van der Waals surface area contributed by atoms with Crippen LogP contribution in [0.15, 0.2) is 11.8 Å². The summed E-state index contributed by atoms with van der Waals surface area (Å²) in [4.78, 5) is 11.1. The lowest BCUT2D eigenvalue weighted by atomic mass is 10.2. The number of carbonyl (C=O) groups excluding carboxylic acids is 1. The molecule has 0 rings (SSSR count). The standard InChI is InChI=1S/C9H16N2O2/c1-6(2)11-5-8(7(3)10)9(12)13-4/h5-6,10-11H,1-4H3/b8-5+,10-7?. The number of rotatable bonds is 4. The summed E-state index contributed by atoms with van der Waals surface area (Å²) in [6.45, 7) is 5.44. The quantitative estimate of drug-likeness (QED) is 0.390. The molecule has 0 heterocycles. The van der Waals surface area contributed by atoms with Crippen LogP contribution in [0.4, 0.5) is 0 Å². The van der Waals surface area contributed by atoms with E-state index in [1.54, 1.807) is 6.92 Å². The average molecular weight is 184 g/mol. The Morgan fingerprint density at radius 2 is 2.08 bits per heavy atom. The summed E-state index contributed by atoms with van der Waals surface area (Å²) in [5.74, 6) is -0.486. The molecule has 0 aliphatic carbocycles. The van der Waals surface area contributed by atoms with Crippen molar-refractivity contribution in [3.63, 3.8) is 0 Å². The maximum atomic E-state index is 11.1. The van der Waals surface area contributed by atoms with E-state index in [4.69, 9.17) is 5.41 Å². The maximum Gasteiger partial charge on any atom is 0.341 e. The molecule has 74 valence electrons. The van der Waals surface area contributed by atoms with Crippen molar-refractivity contribution in [2.45, 2.75) is 26.8 Å². The Hall–Kier alpha value is -1.32. The van der Waals surface area contributed by atoms with Crippen molar-refractivity contribution in [1.82, 2.24) is 5.32 Å².